The van der Waals surface area contributed by atoms with E-state index in [-0.39, 0.29) is 21.3 Å². The highest BCUT2D eigenvalue weighted by atomic mass is 32.2. The van der Waals surface area contributed by atoms with E-state index >= 15 is 0 Å². The predicted octanol–water partition coefficient (Wildman–Crippen LogP) is 3.35. The Balaban J connectivity index is 2.03. The molecule has 0 spiro atoms. The zero-order chi connectivity index (χ0) is 21.6. The van der Waals surface area contributed by atoms with E-state index in [1.165, 1.54) is 6.07 Å². The molecule has 1 aliphatic heterocycles. The van der Waals surface area contributed by atoms with Crippen LogP contribution in [-0.2, 0) is 25.9 Å². The first kappa shape index (κ1) is 23.3. The highest BCUT2D eigenvalue weighted by Gasteiger charge is 2.50. The fourth-order valence-corrected chi connectivity index (χ4v) is 7.16. The van der Waals surface area contributed by atoms with Gasteiger partial charge in [0.05, 0.1) is 17.7 Å². The van der Waals surface area contributed by atoms with Gasteiger partial charge in [-0.25, -0.2) is 12.8 Å². The first-order valence-corrected chi connectivity index (χ1v) is 14.0. The van der Waals surface area contributed by atoms with Crippen molar-refractivity contribution in [3.8, 4) is 0 Å². The Labute approximate surface area is 171 Å². The Morgan fingerprint density at radius 3 is 2.25 bits per heavy atom. The fraction of sp³-hybridized carbons (Fsp3) is 0.722. The Morgan fingerprint density at radius 2 is 1.75 bits per heavy atom. The zero-order valence-electron chi connectivity index (χ0n) is 18.5. The largest absolute Gasteiger partial charge is 0.486 e. The maximum absolute atomic E-state index is 12.7. The summed E-state index contributed by atoms with van der Waals surface area (Å²) in [7, 11) is -6.29. The molecule has 28 heavy (non-hydrogen) atoms. The van der Waals surface area contributed by atoms with Gasteiger partial charge in [0.1, 0.15) is 8.24 Å². The van der Waals surface area contributed by atoms with Crippen molar-refractivity contribution in [1.29, 1.82) is 0 Å². The number of aromatic nitrogens is 2. The average Bonchev–Trinajstić information content (AvgIpc) is 3.00. The van der Waals surface area contributed by atoms with E-state index in [9.17, 15) is 8.42 Å². The highest BCUT2D eigenvalue weighted by Crippen LogP contribution is 2.37. The lowest BCUT2D eigenvalue weighted by molar-refractivity contribution is 0.00578. The van der Waals surface area contributed by atoms with Gasteiger partial charge in [-0.05, 0) is 38.8 Å². The Morgan fingerprint density at radius 1 is 1.21 bits per heavy atom. The van der Waals surface area contributed by atoms with Gasteiger partial charge in [0.2, 0.25) is 0 Å². The van der Waals surface area contributed by atoms with Crippen LogP contribution in [0.2, 0.25) is 18.1 Å². The van der Waals surface area contributed by atoms with Crippen LogP contribution in [-0.4, -0.2) is 44.8 Å². The van der Waals surface area contributed by atoms with Gasteiger partial charge >= 0.3 is 7.12 Å². The number of rotatable bonds is 6. The summed E-state index contributed by atoms with van der Waals surface area (Å²) in [5.74, 6) is 1.83. The summed E-state index contributed by atoms with van der Waals surface area (Å²) in [5.41, 5.74) is -0.769. The average molecular weight is 427 g/mol. The normalized spacial score (nSPS) is 20.2. The number of nitrogens with one attached hydrogen (secondary N) is 1. The molecule has 0 aliphatic carbocycles. The molecule has 1 saturated heterocycles. The Bertz CT molecular complexity index is 825. The molecule has 158 valence electrons. The van der Waals surface area contributed by atoms with Crippen molar-refractivity contribution in [2.24, 2.45) is 0 Å². The van der Waals surface area contributed by atoms with Crippen molar-refractivity contribution in [2.75, 3.05) is 0 Å². The summed E-state index contributed by atoms with van der Waals surface area (Å²) >= 11 is 0. The second-order valence-electron chi connectivity index (χ2n) is 9.91. The van der Waals surface area contributed by atoms with E-state index in [1.54, 1.807) is 10.9 Å². The molecule has 0 aromatic carbocycles. The van der Waals surface area contributed by atoms with Crippen LogP contribution in [0.1, 0.15) is 48.5 Å². The molecule has 0 unspecified atom stereocenters. The molecule has 1 aromatic rings. The molecule has 1 fully saturated rings. The van der Waals surface area contributed by atoms with Gasteiger partial charge < -0.3 is 9.31 Å². The van der Waals surface area contributed by atoms with E-state index in [1.807, 2.05) is 52.8 Å². The minimum atomic E-state index is -3.65. The lowest BCUT2D eigenvalue weighted by Crippen LogP contribution is -2.54. The van der Waals surface area contributed by atoms with Crippen molar-refractivity contribution < 1.29 is 17.7 Å². The number of nitrogens with zero attached hydrogens (tertiary/aromatic N) is 2. The summed E-state index contributed by atoms with van der Waals surface area (Å²) in [6.07, 6.45) is 3.53. The van der Waals surface area contributed by atoms with Gasteiger partial charge in [0, 0.05) is 6.20 Å². The quantitative estimate of drug-likeness (QED) is 0.704. The molecule has 2 heterocycles. The van der Waals surface area contributed by atoms with Crippen LogP contribution in [0.5, 0.6) is 0 Å². The van der Waals surface area contributed by atoms with Crippen molar-refractivity contribution in [1.82, 2.24) is 14.2 Å². The predicted molar refractivity (Wildman–Crippen MR) is 115 cm³/mol. The van der Waals surface area contributed by atoms with Crippen LogP contribution in [0.3, 0.4) is 0 Å². The molecule has 0 atom stereocenters. The molecule has 0 amide bonds. The van der Waals surface area contributed by atoms with Crippen molar-refractivity contribution in [3.63, 3.8) is 0 Å². The van der Waals surface area contributed by atoms with Crippen LogP contribution < -0.4 is 4.39 Å². The fourth-order valence-electron chi connectivity index (χ4n) is 2.38. The van der Waals surface area contributed by atoms with Crippen molar-refractivity contribution in [2.45, 2.75) is 89.4 Å². The molecule has 0 saturated carbocycles. The Hall–Kier alpha value is -0.938. The molecule has 10 heteroatoms. The minimum absolute atomic E-state index is 0.0429. The lowest BCUT2D eigenvalue weighted by atomic mass is 9.90. The van der Waals surface area contributed by atoms with Gasteiger partial charge in [0.15, 0.2) is 5.03 Å². The summed E-state index contributed by atoms with van der Waals surface area (Å²) in [6.45, 7) is 18.6. The van der Waals surface area contributed by atoms with Crippen molar-refractivity contribution in [3.05, 3.63) is 24.3 Å². The van der Waals surface area contributed by atoms with Crippen LogP contribution >= 0.6 is 0 Å². The SMILES string of the molecule is CC1(C)OB(/C=C/Cn2ccc(S(=O)(=O)N[Si](C)(C)C(C)(C)C)n2)OC1(C)C. The van der Waals surface area contributed by atoms with Crippen LogP contribution in [0, 0.1) is 0 Å². The number of hydrogen-bond donors (Lipinski definition) is 1. The smallest absolute Gasteiger partial charge is 0.400 e. The summed E-state index contributed by atoms with van der Waals surface area (Å²) in [5, 5.41) is 4.16. The minimum Gasteiger partial charge on any atom is -0.400 e. The standard InChI is InChI=1S/C18H34BN3O4SSi/c1-16(2,3)28(8,9)21-27(23,24)15-11-14-22(20-15)13-10-12-19-25-17(4,5)18(6,7)26-19/h10-12,14,21H,13H2,1-9H3/b12-10+. The first-order chi connectivity index (χ1) is 12.5. The van der Waals surface area contributed by atoms with Gasteiger partial charge in [0.25, 0.3) is 10.0 Å². The number of sulfonamides is 1. The van der Waals surface area contributed by atoms with Gasteiger partial charge in [-0.3, -0.25) is 4.68 Å². The topological polar surface area (TPSA) is 82.5 Å². The van der Waals surface area contributed by atoms with E-state index in [0.717, 1.165) is 0 Å². The molecule has 1 N–H and O–H groups in total. The van der Waals surface area contributed by atoms with E-state index in [4.69, 9.17) is 9.31 Å². The third-order valence-electron chi connectivity index (χ3n) is 6.01. The highest BCUT2D eigenvalue weighted by molar-refractivity contribution is 7.90. The zero-order valence-corrected chi connectivity index (χ0v) is 20.3. The molecular formula is C18H34BN3O4SSi. The third-order valence-corrected chi connectivity index (χ3v) is 13.6. The van der Waals surface area contributed by atoms with Crippen LogP contribution in [0.25, 0.3) is 0 Å². The van der Waals surface area contributed by atoms with Gasteiger partial charge in [-0.2, -0.15) is 5.10 Å². The monoisotopic (exact) mass is 427 g/mol. The molecule has 0 bridgehead atoms. The maximum Gasteiger partial charge on any atom is 0.486 e. The van der Waals surface area contributed by atoms with E-state index in [0.29, 0.717) is 6.54 Å². The van der Waals surface area contributed by atoms with Crippen molar-refractivity contribution >= 4 is 25.4 Å². The van der Waals surface area contributed by atoms with E-state index in [2.05, 4.69) is 30.3 Å². The molecule has 7 nitrogen and oxygen atoms in total. The number of hydrogen-bond acceptors (Lipinski definition) is 5. The molecule has 1 aromatic heterocycles. The second-order valence-corrected chi connectivity index (χ2v) is 16.9. The number of allylic oxidation sites excluding steroid dienone is 1. The molecular weight excluding hydrogens is 393 g/mol. The van der Waals surface area contributed by atoms with Gasteiger partial charge in [-0.15, -0.1) is 0 Å². The maximum atomic E-state index is 12.7. The summed E-state index contributed by atoms with van der Waals surface area (Å²) in [4.78, 5) is 0. The summed E-state index contributed by atoms with van der Waals surface area (Å²) in [6, 6.07) is 1.53. The van der Waals surface area contributed by atoms with E-state index < -0.39 is 25.4 Å². The first-order valence-electron chi connectivity index (χ1n) is 9.57. The molecule has 2 rings (SSSR count). The molecule has 1 aliphatic rings. The summed E-state index contributed by atoms with van der Waals surface area (Å²) < 4.78 is 41.7. The van der Waals surface area contributed by atoms with Crippen LogP contribution in [0.4, 0.5) is 0 Å². The third kappa shape index (κ3) is 4.96. The lowest BCUT2D eigenvalue weighted by Gasteiger charge is -2.36. The van der Waals surface area contributed by atoms with Crippen LogP contribution in [0.15, 0.2) is 29.3 Å². The Kier molecular flexibility index (Phi) is 6.16. The van der Waals surface area contributed by atoms with Gasteiger partial charge in [-0.1, -0.05) is 45.9 Å². The molecule has 0 radical (unpaired) electrons. The second kappa shape index (κ2) is 7.39.